The number of carbonyl (C=O) groups is 2. The van der Waals surface area contributed by atoms with E-state index in [4.69, 9.17) is 37.9 Å². The molecule has 0 aliphatic carbocycles. The van der Waals surface area contributed by atoms with Gasteiger partial charge in [-0.15, -0.1) is 0 Å². The lowest BCUT2D eigenvalue weighted by Gasteiger charge is -2.09. The molecule has 0 fully saturated rings. The summed E-state index contributed by atoms with van der Waals surface area (Å²) in [6.07, 6.45) is 3.38. The first-order chi connectivity index (χ1) is 20.7. The van der Waals surface area contributed by atoms with Crippen LogP contribution < -0.4 is 21.3 Å². The number of carbonyl (C=O) groups excluding carboxylic acids is 2. The van der Waals surface area contributed by atoms with Gasteiger partial charge in [0.2, 0.25) is 11.8 Å². The largest absolute Gasteiger partial charge is 0.379 e. The summed E-state index contributed by atoms with van der Waals surface area (Å²) < 4.78 is 43.2. The van der Waals surface area contributed by atoms with E-state index >= 15 is 0 Å². The lowest BCUT2D eigenvalue weighted by atomic mass is 10.4. The molecule has 0 unspecified atom stereocenters. The third-order valence-corrected chi connectivity index (χ3v) is 5.33. The normalized spacial score (nSPS) is 10.9. The Balaban J connectivity index is 0. The van der Waals surface area contributed by atoms with Crippen molar-refractivity contribution in [3.63, 3.8) is 0 Å². The van der Waals surface area contributed by atoms with Crippen molar-refractivity contribution in [2.45, 2.75) is 33.1 Å². The van der Waals surface area contributed by atoms with Crippen molar-refractivity contribution < 1.29 is 47.5 Å². The fourth-order valence-electron chi connectivity index (χ4n) is 3.14. The van der Waals surface area contributed by atoms with Gasteiger partial charge in [0.25, 0.3) is 0 Å². The molecule has 0 aromatic rings. The maximum atomic E-state index is 11.8. The first-order valence-electron chi connectivity index (χ1n) is 15.1. The van der Waals surface area contributed by atoms with Crippen LogP contribution in [-0.2, 0) is 47.5 Å². The number of amides is 2. The van der Waals surface area contributed by atoms with Crippen molar-refractivity contribution in [3.8, 4) is 0 Å². The lowest BCUT2D eigenvalue weighted by Crippen LogP contribution is -2.31. The standard InChI is InChI=1S/C28H58N4O10.CH4/c1-29-7-3-11-35-15-19-39-21-17-37-13-5-9-31-27(33)25-41-23-24-42-26-28(34)32-10-6-14-38-18-22-40-20-16-36-12-4-8-30-2;/h29-30H,3-26H2,1-2H3,(H,31,33)(H,32,34);1H4. The Morgan fingerprint density at radius 1 is 0.395 bits per heavy atom. The Bertz CT molecular complexity index is 531. The van der Waals surface area contributed by atoms with Crippen LogP contribution in [0.15, 0.2) is 0 Å². The highest BCUT2D eigenvalue weighted by atomic mass is 16.6. The molecule has 0 saturated carbocycles. The maximum absolute atomic E-state index is 11.8. The Kier molecular flexibility index (Phi) is 39.2. The van der Waals surface area contributed by atoms with E-state index in [0.29, 0.717) is 92.0 Å². The molecule has 14 nitrogen and oxygen atoms in total. The fourth-order valence-corrected chi connectivity index (χ4v) is 3.14. The van der Waals surface area contributed by atoms with Gasteiger partial charge in [0.15, 0.2) is 0 Å². The average molecular weight is 627 g/mol. The molecule has 43 heavy (non-hydrogen) atoms. The highest BCUT2D eigenvalue weighted by molar-refractivity contribution is 5.77. The quantitative estimate of drug-likeness (QED) is 0.0699. The summed E-state index contributed by atoms with van der Waals surface area (Å²) in [6, 6.07) is 0. The molecule has 258 valence electrons. The second-order valence-corrected chi connectivity index (χ2v) is 9.10. The van der Waals surface area contributed by atoms with E-state index in [1.54, 1.807) is 0 Å². The third kappa shape index (κ3) is 38.5. The van der Waals surface area contributed by atoms with Crippen molar-refractivity contribution in [1.82, 2.24) is 21.3 Å². The van der Waals surface area contributed by atoms with Gasteiger partial charge in [-0.1, -0.05) is 7.43 Å². The Hall–Kier alpha value is -1.46. The minimum Gasteiger partial charge on any atom is -0.379 e. The Labute approximate surface area is 259 Å². The van der Waals surface area contributed by atoms with Gasteiger partial charge in [0.1, 0.15) is 13.2 Å². The molecule has 2 amide bonds. The fraction of sp³-hybridized carbons (Fsp3) is 0.931. The van der Waals surface area contributed by atoms with Crippen molar-refractivity contribution >= 4 is 11.8 Å². The van der Waals surface area contributed by atoms with Gasteiger partial charge in [-0.25, -0.2) is 0 Å². The zero-order valence-electron chi connectivity index (χ0n) is 26.1. The number of hydrogen-bond acceptors (Lipinski definition) is 12. The maximum Gasteiger partial charge on any atom is 0.246 e. The summed E-state index contributed by atoms with van der Waals surface area (Å²) in [5.74, 6) is -0.409. The van der Waals surface area contributed by atoms with E-state index in [9.17, 15) is 9.59 Å². The molecule has 0 atom stereocenters. The zero-order chi connectivity index (χ0) is 30.6. The molecule has 14 heteroatoms. The van der Waals surface area contributed by atoms with E-state index in [1.165, 1.54) is 0 Å². The smallest absolute Gasteiger partial charge is 0.246 e. The van der Waals surface area contributed by atoms with E-state index in [2.05, 4.69) is 21.3 Å². The topological polar surface area (TPSA) is 156 Å². The van der Waals surface area contributed by atoms with Crippen LogP contribution in [-0.4, -0.2) is 158 Å². The molecular weight excluding hydrogens is 564 g/mol. The van der Waals surface area contributed by atoms with Gasteiger partial charge in [0, 0.05) is 39.5 Å². The van der Waals surface area contributed by atoms with Crippen molar-refractivity contribution in [3.05, 3.63) is 0 Å². The van der Waals surface area contributed by atoms with Crippen LogP contribution in [0.25, 0.3) is 0 Å². The highest BCUT2D eigenvalue weighted by Crippen LogP contribution is 1.88. The molecule has 0 radical (unpaired) electrons. The molecule has 0 aliphatic rings. The van der Waals surface area contributed by atoms with Crippen LogP contribution in [0.5, 0.6) is 0 Å². The summed E-state index contributed by atoms with van der Waals surface area (Å²) in [5.41, 5.74) is 0. The lowest BCUT2D eigenvalue weighted by molar-refractivity contribution is -0.129. The van der Waals surface area contributed by atoms with Gasteiger partial charge in [0.05, 0.1) is 66.1 Å². The SMILES string of the molecule is C.CNCCCOCCOCCOCCCNC(=O)COCCOCC(=O)NCCCOCCOCCOCCCNC. The van der Waals surface area contributed by atoms with E-state index in [1.807, 2.05) is 14.1 Å². The van der Waals surface area contributed by atoms with Crippen LogP contribution in [0, 0.1) is 0 Å². The van der Waals surface area contributed by atoms with Crippen molar-refractivity contribution in [2.24, 2.45) is 0 Å². The van der Waals surface area contributed by atoms with Gasteiger partial charge in [-0.05, 0) is 52.9 Å². The summed E-state index contributed by atoms with van der Waals surface area (Å²) >= 11 is 0. The minimum absolute atomic E-state index is 0. The molecule has 0 aromatic heterocycles. The molecular formula is C29H62N4O10. The summed E-state index contributed by atoms with van der Waals surface area (Å²) in [4.78, 5) is 23.5. The predicted octanol–water partition coefficient (Wildman–Crippen LogP) is -0.0131. The first-order valence-corrected chi connectivity index (χ1v) is 15.1. The van der Waals surface area contributed by atoms with Crippen LogP contribution in [0.4, 0.5) is 0 Å². The van der Waals surface area contributed by atoms with Crippen molar-refractivity contribution in [2.75, 3.05) is 146 Å². The minimum atomic E-state index is -0.204. The van der Waals surface area contributed by atoms with E-state index in [0.717, 1.165) is 39.1 Å². The third-order valence-electron chi connectivity index (χ3n) is 5.33. The molecule has 4 N–H and O–H groups in total. The monoisotopic (exact) mass is 626 g/mol. The first kappa shape index (κ1) is 43.7. The van der Waals surface area contributed by atoms with Crippen LogP contribution >= 0.6 is 0 Å². The van der Waals surface area contributed by atoms with Crippen LogP contribution in [0.3, 0.4) is 0 Å². The summed E-state index contributed by atoms with van der Waals surface area (Å²) in [7, 11) is 3.84. The van der Waals surface area contributed by atoms with E-state index in [-0.39, 0.29) is 45.7 Å². The number of hydrogen-bond donors (Lipinski definition) is 4. The van der Waals surface area contributed by atoms with Gasteiger partial charge < -0.3 is 59.2 Å². The summed E-state index contributed by atoms with van der Waals surface area (Å²) in [5, 5.41) is 11.7. The van der Waals surface area contributed by atoms with Crippen LogP contribution in [0.1, 0.15) is 33.1 Å². The molecule has 0 bridgehead atoms. The Morgan fingerprint density at radius 3 is 0.953 bits per heavy atom. The molecule has 0 heterocycles. The number of ether oxygens (including phenoxy) is 8. The van der Waals surface area contributed by atoms with Gasteiger partial charge in [-0.3, -0.25) is 9.59 Å². The van der Waals surface area contributed by atoms with Crippen molar-refractivity contribution in [1.29, 1.82) is 0 Å². The molecule has 0 saturated heterocycles. The molecule has 0 rings (SSSR count). The zero-order valence-corrected chi connectivity index (χ0v) is 26.1. The van der Waals surface area contributed by atoms with Crippen LogP contribution in [0.2, 0.25) is 0 Å². The van der Waals surface area contributed by atoms with Gasteiger partial charge in [-0.2, -0.15) is 0 Å². The Morgan fingerprint density at radius 2 is 0.651 bits per heavy atom. The number of nitrogens with one attached hydrogen (secondary N) is 4. The summed E-state index contributed by atoms with van der Waals surface area (Å²) in [6.45, 7) is 10.1. The second-order valence-electron chi connectivity index (χ2n) is 9.10. The second kappa shape index (κ2) is 38.6. The number of rotatable bonds is 35. The molecule has 0 spiro atoms. The highest BCUT2D eigenvalue weighted by Gasteiger charge is 2.03. The van der Waals surface area contributed by atoms with E-state index < -0.39 is 0 Å². The predicted molar refractivity (Wildman–Crippen MR) is 166 cm³/mol. The molecule has 0 aromatic carbocycles. The van der Waals surface area contributed by atoms with Gasteiger partial charge >= 0.3 is 0 Å². The average Bonchev–Trinajstić information content (AvgIpc) is 2.99. The molecule has 0 aliphatic heterocycles.